The number of benzene rings is 1. The van der Waals surface area contributed by atoms with E-state index in [2.05, 4.69) is 22.0 Å². The largest absolute Gasteiger partial charge is 0.468 e. The van der Waals surface area contributed by atoms with Crippen molar-refractivity contribution in [3.63, 3.8) is 0 Å². The molecule has 0 amide bonds. The first-order chi connectivity index (χ1) is 10.3. The third-order valence-corrected chi connectivity index (χ3v) is 3.77. The van der Waals surface area contributed by atoms with Gasteiger partial charge in [-0.25, -0.2) is 0 Å². The van der Waals surface area contributed by atoms with E-state index in [4.69, 9.17) is 9.47 Å². The monoisotopic (exact) mass is 286 g/mol. The molecular formula is C16H18N2O3. The molecule has 1 aromatic heterocycles. The number of esters is 1. The Hall–Kier alpha value is -1.98. The number of carbonyl (C=O) groups excluding carboxylic acids is 1. The van der Waals surface area contributed by atoms with Gasteiger partial charge in [0.05, 0.1) is 25.8 Å². The third-order valence-electron chi connectivity index (χ3n) is 3.77. The van der Waals surface area contributed by atoms with E-state index in [-0.39, 0.29) is 12.0 Å². The van der Waals surface area contributed by atoms with Gasteiger partial charge < -0.3 is 9.47 Å². The average molecular weight is 286 g/mol. The molecule has 1 aliphatic rings. The van der Waals surface area contributed by atoms with Crippen molar-refractivity contribution in [3.05, 3.63) is 42.1 Å². The maximum atomic E-state index is 11.8. The molecule has 1 saturated heterocycles. The van der Waals surface area contributed by atoms with E-state index in [1.54, 1.807) is 6.20 Å². The molecule has 21 heavy (non-hydrogen) atoms. The summed E-state index contributed by atoms with van der Waals surface area (Å²) < 4.78 is 10.2. The van der Waals surface area contributed by atoms with Crippen LogP contribution in [0.4, 0.5) is 0 Å². The van der Waals surface area contributed by atoms with Gasteiger partial charge in [-0.3, -0.25) is 14.7 Å². The molecule has 1 fully saturated rings. The molecule has 110 valence electrons. The summed E-state index contributed by atoms with van der Waals surface area (Å²) in [6.45, 7) is 2.46. The lowest BCUT2D eigenvalue weighted by atomic mass is 10.1. The molecule has 0 bridgehead atoms. The predicted octanol–water partition coefficient (Wildman–Crippen LogP) is 1.61. The molecule has 5 nitrogen and oxygen atoms in total. The van der Waals surface area contributed by atoms with Crippen LogP contribution in [-0.2, 0) is 20.8 Å². The Bertz CT molecular complexity index is 644. The van der Waals surface area contributed by atoms with E-state index in [1.807, 2.05) is 18.2 Å². The van der Waals surface area contributed by atoms with Crippen molar-refractivity contribution in [1.29, 1.82) is 0 Å². The van der Waals surface area contributed by atoms with Gasteiger partial charge in [-0.1, -0.05) is 12.1 Å². The number of nitrogens with zero attached hydrogens (tertiary/aromatic N) is 2. The number of carbonyl (C=O) groups is 1. The number of fused-ring (bicyclic) bond motifs is 1. The van der Waals surface area contributed by atoms with Crippen molar-refractivity contribution < 1.29 is 14.3 Å². The van der Waals surface area contributed by atoms with Gasteiger partial charge in [-0.2, -0.15) is 0 Å². The van der Waals surface area contributed by atoms with Crippen LogP contribution < -0.4 is 0 Å². The Morgan fingerprint density at radius 3 is 3.24 bits per heavy atom. The third kappa shape index (κ3) is 3.04. The molecule has 0 aliphatic carbocycles. The summed E-state index contributed by atoms with van der Waals surface area (Å²) in [6.07, 6.45) is 1.79. The Balaban J connectivity index is 1.80. The van der Waals surface area contributed by atoms with Crippen LogP contribution in [0.25, 0.3) is 10.9 Å². The molecule has 2 heterocycles. The molecule has 1 aromatic carbocycles. The molecule has 2 aromatic rings. The van der Waals surface area contributed by atoms with Gasteiger partial charge in [-0.15, -0.1) is 0 Å². The van der Waals surface area contributed by atoms with Crippen LogP contribution in [0.1, 0.15) is 5.56 Å². The molecule has 0 radical (unpaired) electrons. The summed E-state index contributed by atoms with van der Waals surface area (Å²) >= 11 is 0. The van der Waals surface area contributed by atoms with Crippen LogP contribution in [0.5, 0.6) is 0 Å². The van der Waals surface area contributed by atoms with Gasteiger partial charge in [-0.05, 0) is 23.8 Å². The van der Waals surface area contributed by atoms with Crippen molar-refractivity contribution in [2.45, 2.75) is 12.6 Å². The second-order valence-electron chi connectivity index (χ2n) is 5.11. The van der Waals surface area contributed by atoms with Crippen LogP contribution in [0.3, 0.4) is 0 Å². The Morgan fingerprint density at radius 1 is 1.48 bits per heavy atom. The average Bonchev–Trinajstić information content (AvgIpc) is 2.54. The number of methoxy groups -OCH3 is 1. The van der Waals surface area contributed by atoms with Crippen molar-refractivity contribution in [3.8, 4) is 0 Å². The molecule has 0 N–H and O–H groups in total. The SMILES string of the molecule is COC(=O)C1COCCN1Cc1ccc2ncccc2c1. The fourth-order valence-electron chi connectivity index (χ4n) is 2.64. The minimum absolute atomic E-state index is 0.239. The van der Waals surface area contributed by atoms with E-state index in [0.717, 1.165) is 23.0 Å². The number of aromatic nitrogens is 1. The maximum absolute atomic E-state index is 11.8. The molecule has 1 aliphatic heterocycles. The normalized spacial score (nSPS) is 19.6. The highest BCUT2D eigenvalue weighted by Gasteiger charge is 2.30. The highest BCUT2D eigenvalue weighted by molar-refractivity contribution is 5.79. The van der Waals surface area contributed by atoms with Gasteiger partial charge in [0.15, 0.2) is 0 Å². The minimum atomic E-state index is -0.326. The zero-order chi connectivity index (χ0) is 14.7. The molecule has 1 atom stereocenters. The zero-order valence-electron chi connectivity index (χ0n) is 12.0. The molecule has 3 rings (SSSR count). The Morgan fingerprint density at radius 2 is 2.38 bits per heavy atom. The van der Waals surface area contributed by atoms with Crippen molar-refractivity contribution >= 4 is 16.9 Å². The Kier molecular flexibility index (Phi) is 4.13. The molecule has 1 unspecified atom stereocenters. The van der Waals surface area contributed by atoms with Crippen molar-refractivity contribution in [2.24, 2.45) is 0 Å². The summed E-state index contributed by atoms with van der Waals surface area (Å²) in [5.41, 5.74) is 2.14. The number of hydrogen-bond acceptors (Lipinski definition) is 5. The van der Waals surface area contributed by atoms with E-state index >= 15 is 0 Å². The summed E-state index contributed by atoms with van der Waals surface area (Å²) in [5.74, 6) is -0.239. The van der Waals surface area contributed by atoms with E-state index < -0.39 is 0 Å². The number of pyridine rings is 1. The Labute approximate surface area is 123 Å². The quantitative estimate of drug-likeness (QED) is 0.802. The smallest absolute Gasteiger partial charge is 0.325 e. The lowest BCUT2D eigenvalue weighted by Crippen LogP contribution is -2.49. The van der Waals surface area contributed by atoms with Crippen LogP contribution in [0.2, 0.25) is 0 Å². The molecule has 5 heteroatoms. The zero-order valence-corrected chi connectivity index (χ0v) is 12.0. The fraction of sp³-hybridized carbons (Fsp3) is 0.375. The first kappa shape index (κ1) is 14.0. The summed E-state index contributed by atoms with van der Waals surface area (Å²) in [4.78, 5) is 18.2. The van der Waals surface area contributed by atoms with E-state index in [9.17, 15) is 4.79 Å². The standard InChI is InChI=1S/C16H18N2O3/c1-20-16(19)15-11-21-8-7-18(15)10-12-4-5-14-13(9-12)3-2-6-17-14/h2-6,9,15H,7-8,10-11H2,1H3. The van der Waals surface area contributed by atoms with Crippen molar-refractivity contribution in [1.82, 2.24) is 9.88 Å². The highest BCUT2D eigenvalue weighted by atomic mass is 16.5. The first-order valence-corrected chi connectivity index (χ1v) is 7.01. The highest BCUT2D eigenvalue weighted by Crippen LogP contribution is 2.17. The second kappa shape index (κ2) is 6.20. The first-order valence-electron chi connectivity index (χ1n) is 7.01. The van der Waals surface area contributed by atoms with Crippen LogP contribution in [0, 0.1) is 0 Å². The number of morpholine rings is 1. The predicted molar refractivity (Wildman–Crippen MR) is 78.8 cm³/mol. The van der Waals surface area contributed by atoms with Gasteiger partial charge in [0, 0.05) is 24.7 Å². The van der Waals surface area contributed by atoms with Gasteiger partial charge in [0.2, 0.25) is 0 Å². The lowest BCUT2D eigenvalue weighted by Gasteiger charge is -2.33. The van der Waals surface area contributed by atoms with E-state index in [0.29, 0.717) is 19.8 Å². The summed E-state index contributed by atoms with van der Waals surface area (Å²) in [7, 11) is 1.41. The molecule has 0 spiro atoms. The maximum Gasteiger partial charge on any atom is 0.325 e. The number of rotatable bonds is 3. The van der Waals surface area contributed by atoms with Crippen LogP contribution in [0.15, 0.2) is 36.5 Å². The summed E-state index contributed by atoms with van der Waals surface area (Å²) in [6, 6.07) is 9.83. The van der Waals surface area contributed by atoms with Crippen LogP contribution in [-0.4, -0.2) is 48.8 Å². The summed E-state index contributed by atoms with van der Waals surface area (Å²) in [5, 5.41) is 1.11. The fourth-order valence-corrected chi connectivity index (χ4v) is 2.64. The van der Waals surface area contributed by atoms with Crippen LogP contribution >= 0.6 is 0 Å². The topological polar surface area (TPSA) is 51.7 Å². The number of hydrogen-bond donors (Lipinski definition) is 0. The van der Waals surface area contributed by atoms with E-state index in [1.165, 1.54) is 7.11 Å². The number of ether oxygens (including phenoxy) is 2. The van der Waals surface area contributed by atoms with Gasteiger partial charge in [0.25, 0.3) is 0 Å². The second-order valence-corrected chi connectivity index (χ2v) is 5.11. The minimum Gasteiger partial charge on any atom is -0.468 e. The molecular weight excluding hydrogens is 268 g/mol. The van der Waals surface area contributed by atoms with Gasteiger partial charge in [0.1, 0.15) is 6.04 Å². The molecule has 0 saturated carbocycles. The lowest BCUT2D eigenvalue weighted by molar-refractivity contribution is -0.153. The van der Waals surface area contributed by atoms with Crippen molar-refractivity contribution in [2.75, 3.05) is 26.9 Å². The van der Waals surface area contributed by atoms with Gasteiger partial charge >= 0.3 is 5.97 Å².